The number of imide groups is 1. The Hall–Kier alpha value is -3.70. The van der Waals surface area contributed by atoms with Gasteiger partial charge in [-0.15, -0.1) is 0 Å². The lowest BCUT2D eigenvalue weighted by atomic mass is 9.90. The average molecular weight is 547 g/mol. The first-order valence-electron chi connectivity index (χ1n) is 13.0. The molecule has 2 atom stereocenters. The van der Waals surface area contributed by atoms with Gasteiger partial charge in [0.25, 0.3) is 5.91 Å². The topological polar surface area (TPSA) is 148 Å². The molecule has 0 spiro atoms. The smallest absolute Gasteiger partial charge is 0.417 e. The van der Waals surface area contributed by atoms with E-state index in [2.05, 4.69) is 20.6 Å². The van der Waals surface area contributed by atoms with Crippen molar-refractivity contribution >= 4 is 35.7 Å². The van der Waals surface area contributed by atoms with Gasteiger partial charge < -0.3 is 25.8 Å². The lowest BCUT2D eigenvalue weighted by Gasteiger charge is -2.34. The summed E-state index contributed by atoms with van der Waals surface area (Å²) in [5.41, 5.74) is 4.59. The van der Waals surface area contributed by atoms with E-state index in [9.17, 15) is 14.4 Å². The number of hydrogen-bond donors (Lipinski definition) is 3. The zero-order chi connectivity index (χ0) is 29.1. The Morgan fingerprint density at radius 2 is 1.72 bits per heavy atom. The summed E-state index contributed by atoms with van der Waals surface area (Å²) >= 11 is 0. The number of aromatic nitrogens is 1. The number of fused-ring (bicyclic) bond motifs is 1. The number of alkyl carbamates (subject to hydrolysis) is 1. The molecule has 3 amide bonds. The van der Waals surface area contributed by atoms with Gasteiger partial charge in [-0.3, -0.25) is 9.79 Å². The van der Waals surface area contributed by atoms with Crippen LogP contribution >= 0.6 is 0 Å². The second kappa shape index (κ2) is 11.6. The van der Waals surface area contributed by atoms with E-state index in [0.29, 0.717) is 12.8 Å². The van der Waals surface area contributed by atoms with Gasteiger partial charge in [-0.25, -0.2) is 23.9 Å². The second-order valence-corrected chi connectivity index (χ2v) is 11.6. The minimum absolute atomic E-state index is 0.00493. The molecule has 39 heavy (non-hydrogen) atoms. The normalized spacial score (nSPS) is 20.2. The summed E-state index contributed by atoms with van der Waals surface area (Å²) in [4.78, 5) is 47.8. The van der Waals surface area contributed by atoms with Crippen molar-refractivity contribution in [3.63, 3.8) is 0 Å². The molecule has 4 N–H and O–H groups in total. The van der Waals surface area contributed by atoms with Crippen molar-refractivity contribution in [3.8, 4) is 0 Å². The van der Waals surface area contributed by atoms with Gasteiger partial charge in [0, 0.05) is 36.6 Å². The number of nitrogens with one attached hydrogen (secondary N) is 2. The Bertz CT molecular complexity index is 1180. The van der Waals surface area contributed by atoms with Gasteiger partial charge in [0.15, 0.2) is 11.6 Å². The molecule has 11 nitrogen and oxygen atoms in total. The minimum atomic E-state index is -0.889. The molecule has 3 rings (SSSR count). The molecule has 1 aliphatic heterocycles. The lowest BCUT2D eigenvalue weighted by molar-refractivity contribution is 0.0246. The van der Waals surface area contributed by atoms with E-state index < -0.39 is 35.1 Å². The van der Waals surface area contributed by atoms with Crippen LogP contribution in [-0.2, 0) is 16.0 Å². The summed E-state index contributed by atoms with van der Waals surface area (Å²) < 4.78 is 26.7. The molecule has 2 heterocycles. The van der Waals surface area contributed by atoms with Gasteiger partial charge >= 0.3 is 12.2 Å². The summed E-state index contributed by atoms with van der Waals surface area (Å²) in [6, 6.07) is -0.698. The monoisotopic (exact) mass is 546 g/mol. The van der Waals surface area contributed by atoms with E-state index in [1.165, 1.54) is 19.5 Å². The zero-order valence-electron chi connectivity index (χ0n) is 23.7. The predicted molar refractivity (Wildman–Crippen MR) is 146 cm³/mol. The van der Waals surface area contributed by atoms with Crippen LogP contribution in [0, 0.1) is 5.82 Å². The van der Waals surface area contributed by atoms with Gasteiger partial charge in [-0.05, 0) is 54.4 Å². The minimum Gasteiger partial charge on any atom is -0.444 e. The summed E-state index contributed by atoms with van der Waals surface area (Å²) in [6.45, 7) is 10.0. The Kier molecular flexibility index (Phi) is 8.87. The molecular weight excluding hydrogens is 507 g/mol. The van der Waals surface area contributed by atoms with Crippen LogP contribution in [-0.4, -0.2) is 64.5 Å². The van der Waals surface area contributed by atoms with Crippen LogP contribution in [0.25, 0.3) is 5.57 Å². The van der Waals surface area contributed by atoms with Crippen molar-refractivity contribution in [2.45, 2.75) is 97.1 Å². The number of anilines is 1. The Morgan fingerprint density at radius 1 is 1.10 bits per heavy atom. The van der Waals surface area contributed by atoms with Crippen LogP contribution in [0.3, 0.4) is 0 Å². The number of amides is 3. The Morgan fingerprint density at radius 3 is 2.28 bits per heavy atom. The first kappa shape index (κ1) is 29.9. The number of ether oxygens (including phenoxy) is 2. The van der Waals surface area contributed by atoms with Gasteiger partial charge in [0.05, 0.1) is 23.8 Å². The molecule has 1 aliphatic carbocycles. The van der Waals surface area contributed by atoms with Crippen LogP contribution in [0.1, 0.15) is 88.8 Å². The van der Waals surface area contributed by atoms with Gasteiger partial charge in [-0.2, -0.15) is 0 Å². The van der Waals surface area contributed by atoms with Crippen molar-refractivity contribution in [2.24, 2.45) is 10.7 Å². The van der Waals surface area contributed by atoms with E-state index in [4.69, 9.17) is 15.2 Å². The maximum atomic E-state index is 16.0. The van der Waals surface area contributed by atoms with E-state index in [0.717, 1.165) is 17.7 Å². The predicted octanol–water partition coefficient (Wildman–Crippen LogP) is 4.36. The molecule has 1 unspecified atom stereocenters. The molecule has 0 bridgehead atoms. The van der Waals surface area contributed by atoms with Crippen LogP contribution in [0.15, 0.2) is 11.2 Å². The SMILES string of the molecule is CN=CC(=CN)c1nc(NC2CCCC[C@@H]2NC(=O)OC(C)(C)C)c(F)c2c1C(=O)N(C(=O)OC(C)(C)C)C2. The fourth-order valence-corrected chi connectivity index (χ4v) is 4.56. The Labute approximate surface area is 228 Å². The van der Waals surface area contributed by atoms with Crippen LogP contribution in [0.5, 0.6) is 0 Å². The third kappa shape index (κ3) is 7.24. The fraction of sp³-hybridized carbons (Fsp3) is 0.593. The number of hydrogen-bond acceptors (Lipinski definition) is 9. The molecule has 0 radical (unpaired) electrons. The number of allylic oxidation sites excluding steroid dienone is 1. The van der Waals surface area contributed by atoms with Crippen molar-refractivity contribution < 1.29 is 28.2 Å². The molecule has 2 aliphatic rings. The molecule has 0 saturated heterocycles. The quantitative estimate of drug-likeness (QED) is 0.462. The third-order valence-corrected chi connectivity index (χ3v) is 6.14. The van der Waals surface area contributed by atoms with E-state index in [1.807, 2.05) is 0 Å². The first-order valence-corrected chi connectivity index (χ1v) is 13.0. The summed E-state index contributed by atoms with van der Waals surface area (Å²) in [5.74, 6) is -1.62. The fourth-order valence-electron chi connectivity index (χ4n) is 4.56. The van der Waals surface area contributed by atoms with E-state index in [-0.39, 0.29) is 46.8 Å². The molecule has 0 aromatic carbocycles. The molecule has 214 valence electrons. The highest BCUT2D eigenvalue weighted by Crippen LogP contribution is 2.35. The molecule has 1 saturated carbocycles. The molecule has 1 aromatic rings. The summed E-state index contributed by atoms with van der Waals surface area (Å²) in [5, 5.41) is 6.03. The van der Waals surface area contributed by atoms with Gasteiger partial charge in [0.1, 0.15) is 11.2 Å². The first-order chi connectivity index (χ1) is 18.1. The number of carbonyl (C=O) groups excluding carboxylic acids is 3. The second-order valence-electron chi connectivity index (χ2n) is 11.6. The van der Waals surface area contributed by atoms with Crippen LogP contribution < -0.4 is 16.4 Å². The van der Waals surface area contributed by atoms with Gasteiger partial charge in [-0.1, -0.05) is 12.8 Å². The zero-order valence-corrected chi connectivity index (χ0v) is 23.7. The van der Waals surface area contributed by atoms with Crippen LogP contribution in [0.2, 0.25) is 0 Å². The molecule has 1 fully saturated rings. The number of carbonyl (C=O) groups is 3. The molecule has 1 aromatic heterocycles. The maximum absolute atomic E-state index is 16.0. The van der Waals surface area contributed by atoms with Crippen LogP contribution in [0.4, 0.5) is 19.8 Å². The molecule has 12 heteroatoms. The average Bonchev–Trinajstić information content (AvgIpc) is 3.16. The lowest BCUT2D eigenvalue weighted by Crippen LogP contribution is -2.50. The third-order valence-electron chi connectivity index (χ3n) is 6.14. The Balaban J connectivity index is 2.00. The van der Waals surface area contributed by atoms with Crippen molar-refractivity contribution in [1.29, 1.82) is 0 Å². The number of nitrogens with zero attached hydrogens (tertiary/aromatic N) is 3. The van der Waals surface area contributed by atoms with Crippen molar-refractivity contribution in [1.82, 2.24) is 15.2 Å². The van der Waals surface area contributed by atoms with Crippen molar-refractivity contribution in [3.05, 3.63) is 28.8 Å². The highest BCUT2D eigenvalue weighted by molar-refractivity contribution is 6.16. The highest BCUT2D eigenvalue weighted by Gasteiger charge is 2.41. The standard InChI is InChI=1S/C27H39FN6O5/c1-26(2,3)38-24(36)32-18-11-9-8-10-17(18)31-22-20(28)16-14-34(25(37)39-27(4,5)6)23(35)19(16)21(33-22)15(12-29)13-30-7/h12-13,17-18H,8-11,14,29H2,1-7H3,(H,31,33)(H,32,36)/t17?,18-/m0/s1. The number of nitrogens with two attached hydrogens (primary N) is 1. The summed E-state index contributed by atoms with van der Waals surface area (Å²) in [7, 11) is 1.52. The van der Waals surface area contributed by atoms with Crippen molar-refractivity contribution in [2.75, 3.05) is 12.4 Å². The number of pyridine rings is 1. The summed E-state index contributed by atoms with van der Waals surface area (Å²) in [6.07, 6.45) is 4.23. The molecular formula is C27H39FN6O5. The number of aliphatic imine (C=N–C) groups is 1. The largest absolute Gasteiger partial charge is 0.444 e. The van der Waals surface area contributed by atoms with E-state index in [1.54, 1.807) is 41.5 Å². The number of rotatable bonds is 5. The maximum Gasteiger partial charge on any atom is 0.417 e. The van der Waals surface area contributed by atoms with E-state index >= 15 is 4.39 Å². The number of halogens is 1. The van der Waals surface area contributed by atoms with Gasteiger partial charge in [0.2, 0.25) is 0 Å². The highest BCUT2D eigenvalue weighted by atomic mass is 19.1.